The van der Waals surface area contributed by atoms with Crippen LogP contribution in [0.2, 0.25) is 0 Å². The third kappa shape index (κ3) is 2.63. The fraction of sp³-hybridized carbons (Fsp3) is 0.200. The van der Waals surface area contributed by atoms with E-state index in [1.54, 1.807) is 19.9 Å². The van der Waals surface area contributed by atoms with Crippen LogP contribution in [0.15, 0.2) is 36.4 Å². The highest BCUT2D eigenvalue weighted by Crippen LogP contribution is 2.28. The van der Waals surface area contributed by atoms with Crippen LogP contribution in [0.5, 0.6) is 0 Å². The van der Waals surface area contributed by atoms with Crippen LogP contribution in [0.1, 0.15) is 23.6 Å². The molecule has 0 amide bonds. The van der Waals surface area contributed by atoms with Crippen LogP contribution in [0, 0.1) is 24.4 Å². The number of hydrogen-bond donors (Lipinski definition) is 1. The maximum atomic E-state index is 13.3. The van der Waals surface area contributed by atoms with Crippen molar-refractivity contribution >= 4 is 0 Å². The fourth-order valence-electron chi connectivity index (χ4n) is 1.99. The highest BCUT2D eigenvalue weighted by molar-refractivity contribution is 5.39. The van der Waals surface area contributed by atoms with Crippen molar-refractivity contribution in [3.05, 3.63) is 70.5 Å². The lowest BCUT2D eigenvalue weighted by Gasteiger charge is -2.26. The Morgan fingerprint density at radius 2 is 1.47 bits per heavy atom. The molecule has 0 aromatic heterocycles. The Labute approximate surface area is 109 Å². The van der Waals surface area contributed by atoms with E-state index in [2.05, 4.69) is 0 Å². The summed E-state index contributed by atoms with van der Waals surface area (Å²) < 4.78 is 39.8. The maximum absolute atomic E-state index is 13.3. The Kier molecular flexibility index (Phi) is 3.37. The minimum Gasteiger partial charge on any atom is -0.318 e. The van der Waals surface area contributed by atoms with Gasteiger partial charge in [-0.1, -0.05) is 12.1 Å². The van der Waals surface area contributed by atoms with E-state index >= 15 is 0 Å². The Balaban J connectivity index is 2.54. The SMILES string of the molecule is Cc1cc(C(C)(N)c2cc(F)cc(F)c2)ccc1F. The molecule has 0 saturated carbocycles. The Hall–Kier alpha value is -1.81. The fourth-order valence-corrected chi connectivity index (χ4v) is 1.99. The molecule has 4 heteroatoms. The van der Waals surface area contributed by atoms with Crippen LogP contribution in [0.3, 0.4) is 0 Å². The molecule has 2 aromatic rings. The summed E-state index contributed by atoms with van der Waals surface area (Å²) in [6.45, 7) is 3.25. The van der Waals surface area contributed by atoms with Crippen molar-refractivity contribution in [3.8, 4) is 0 Å². The van der Waals surface area contributed by atoms with Gasteiger partial charge in [0.1, 0.15) is 17.5 Å². The van der Waals surface area contributed by atoms with Gasteiger partial charge in [-0.15, -0.1) is 0 Å². The monoisotopic (exact) mass is 265 g/mol. The highest BCUT2D eigenvalue weighted by atomic mass is 19.1. The van der Waals surface area contributed by atoms with E-state index < -0.39 is 17.2 Å². The van der Waals surface area contributed by atoms with Crippen LogP contribution in [-0.2, 0) is 5.54 Å². The topological polar surface area (TPSA) is 26.0 Å². The van der Waals surface area contributed by atoms with Crippen molar-refractivity contribution in [1.29, 1.82) is 0 Å². The quantitative estimate of drug-likeness (QED) is 0.881. The molecule has 2 N–H and O–H groups in total. The van der Waals surface area contributed by atoms with E-state index in [9.17, 15) is 13.2 Å². The summed E-state index contributed by atoms with van der Waals surface area (Å²) in [5.41, 5.74) is 6.40. The van der Waals surface area contributed by atoms with E-state index in [1.165, 1.54) is 24.3 Å². The average molecular weight is 265 g/mol. The molecule has 0 heterocycles. The minimum atomic E-state index is -1.10. The summed E-state index contributed by atoms with van der Waals surface area (Å²) >= 11 is 0. The van der Waals surface area contributed by atoms with Crippen LogP contribution < -0.4 is 5.73 Å². The molecule has 0 bridgehead atoms. The number of aryl methyl sites for hydroxylation is 1. The van der Waals surface area contributed by atoms with Gasteiger partial charge in [0.15, 0.2) is 0 Å². The summed E-state index contributed by atoms with van der Waals surface area (Å²) in [5.74, 6) is -1.72. The summed E-state index contributed by atoms with van der Waals surface area (Å²) in [6.07, 6.45) is 0. The molecule has 100 valence electrons. The molecule has 1 nitrogen and oxygen atoms in total. The van der Waals surface area contributed by atoms with Gasteiger partial charge in [-0.3, -0.25) is 0 Å². The highest BCUT2D eigenvalue weighted by Gasteiger charge is 2.25. The molecular formula is C15H14F3N. The molecule has 1 atom stereocenters. The standard InChI is InChI=1S/C15H14F3N/c1-9-5-10(3-4-14(9)18)15(2,19)11-6-12(16)8-13(17)7-11/h3-8H,19H2,1-2H3. The predicted octanol–water partition coefficient (Wildman–Crippen LogP) is 3.63. The maximum Gasteiger partial charge on any atom is 0.126 e. The molecule has 0 aliphatic heterocycles. The van der Waals surface area contributed by atoms with Gasteiger partial charge in [0.05, 0.1) is 5.54 Å². The Morgan fingerprint density at radius 3 is 2.00 bits per heavy atom. The first-order valence-electron chi connectivity index (χ1n) is 5.83. The zero-order valence-corrected chi connectivity index (χ0v) is 10.7. The third-order valence-corrected chi connectivity index (χ3v) is 3.22. The van der Waals surface area contributed by atoms with Crippen molar-refractivity contribution in [2.24, 2.45) is 5.73 Å². The van der Waals surface area contributed by atoms with Gasteiger partial charge < -0.3 is 5.73 Å². The van der Waals surface area contributed by atoms with E-state index in [-0.39, 0.29) is 5.82 Å². The van der Waals surface area contributed by atoms with Gasteiger partial charge in [-0.25, -0.2) is 13.2 Å². The Morgan fingerprint density at radius 1 is 0.895 bits per heavy atom. The first-order valence-corrected chi connectivity index (χ1v) is 5.83. The third-order valence-electron chi connectivity index (χ3n) is 3.22. The van der Waals surface area contributed by atoms with Crippen molar-refractivity contribution < 1.29 is 13.2 Å². The second kappa shape index (κ2) is 4.70. The summed E-state index contributed by atoms with van der Waals surface area (Å²) in [4.78, 5) is 0. The summed E-state index contributed by atoms with van der Waals surface area (Å²) in [6, 6.07) is 7.55. The molecule has 2 rings (SSSR count). The average Bonchev–Trinajstić information content (AvgIpc) is 2.31. The van der Waals surface area contributed by atoms with Crippen molar-refractivity contribution in [1.82, 2.24) is 0 Å². The van der Waals surface area contributed by atoms with Crippen molar-refractivity contribution in [2.45, 2.75) is 19.4 Å². The molecule has 1 unspecified atom stereocenters. The van der Waals surface area contributed by atoms with Gasteiger partial charge in [0.2, 0.25) is 0 Å². The lowest BCUT2D eigenvalue weighted by Crippen LogP contribution is -2.34. The number of hydrogen-bond acceptors (Lipinski definition) is 1. The lowest BCUT2D eigenvalue weighted by atomic mass is 9.85. The molecule has 0 spiro atoms. The predicted molar refractivity (Wildman–Crippen MR) is 68.1 cm³/mol. The molecule has 0 aliphatic rings. The molecule has 0 saturated heterocycles. The normalized spacial score (nSPS) is 14.2. The van der Waals surface area contributed by atoms with E-state index in [0.29, 0.717) is 16.7 Å². The van der Waals surface area contributed by atoms with Crippen molar-refractivity contribution in [3.63, 3.8) is 0 Å². The lowest BCUT2D eigenvalue weighted by molar-refractivity contribution is 0.548. The molecular weight excluding hydrogens is 251 g/mol. The first-order chi connectivity index (χ1) is 8.80. The van der Waals surface area contributed by atoms with Crippen LogP contribution >= 0.6 is 0 Å². The van der Waals surface area contributed by atoms with Crippen LogP contribution in [0.4, 0.5) is 13.2 Å². The largest absolute Gasteiger partial charge is 0.318 e. The van der Waals surface area contributed by atoms with Crippen LogP contribution in [0.25, 0.3) is 0 Å². The van der Waals surface area contributed by atoms with Gasteiger partial charge in [0, 0.05) is 6.07 Å². The van der Waals surface area contributed by atoms with Crippen molar-refractivity contribution in [2.75, 3.05) is 0 Å². The molecule has 2 aromatic carbocycles. The van der Waals surface area contributed by atoms with Gasteiger partial charge >= 0.3 is 0 Å². The first kappa shape index (κ1) is 13.6. The van der Waals surface area contributed by atoms with Gasteiger partial charge in [0.25, 0.3) is 0 Å². The second-order valence-corrected chi connectivity index (χ2v) is 4.82. The van der Waals surface area contributed by atoms with E-state index in [0.717, 1.165) is 6.07 Å². The molecule has 19 heavy (non-hydrogen) atoms. The second-order valence-electron chi connectivity index (χ2n) is 4.82. The molecule has 0 aliphatic carbocycles. The minimum absolute atomic E-state index is 0.302. The van der Waals surface area contributed by atoms with E-state index in [4.69, 9.17) is 5.73 Å². The van der Waals surface area contributed by atoms with Crippen LogP contribution in [-0.4, -0.2) is 0 Å². The van der Waals surface area contributed by atoms with Gasteiger partial charge in [-0.05, 0) is 48.7 Å². The number of rotatable bonds is 2. The number of nitrogens with two attached hydrogens (primary N) is 1. The number of halogens is 3. The van der Waals surface area contributed by atoms with Gasteiger partial charge in [-0.2, -0.15) is 0 Å². The summed E-state index contributed by atoms with van der Waals surface area (Å²) in [7, 11) is 0. The van der Waals surface area contributed by atoms with E-state index in [1.807, 2.05) is 0 Å². The molecule has 0 radical (unpaired) electrons. The zero-order valence-electron chi connectivity index (χ0n) is 10.7. The summed E-state index contributed by atoms with van der Waals surface area (Å²) in [5, 5.41) is 0. The molecule has 0 fully saturated rings. The Bertz CT molecular complexity index is 601. The number of benzene rings is 2. The zero-order chi connectivity index (χ0) is 14.2. The smallest absolute Gasteiger partial charge is 0.126 e.